The van der Waals surface area contributed by atoms with Crippen LogP contribution in [0.5, 0.6) is 0 Å². The second-order valence-electron chi connectivity index (χ2n) is 8.36. The molecule has 160 valence electrons. The summed E-state index contributed by atoms with van der Waals surface area (Å²) < 4.78 is 5.86. The number of urea groups is 1. The topological polar surface area (TPSA) is 48.1 Å². The molecule has 2 aromatic carbocycles. The number of amides is 2. The Morgan fingerprint density at radius 2 is 1.57 bits per heavy atom. The molecule has 0 bridgehead atoms. The fourth-order valence-corrected chi connectivity index (χ4v) is 4.37. The van der Waals surface area contributed by atoms with Crippen LogP contribution in [-0.2, 0) is 11.3 Å². The van der Waals surface area contributed by atoms with Crippen molar-refractivity contribution in [3.05, 3.63) is 60.2 Å². The zero-order valence-electron chi connectivity index (χ0n) is 18.0. The number of rotatable bonds is 4. The van der Waals surface area contributed by atoms with Crippen molar-refractivity contribution in [1.29, 1.82) is 0 Å². The van der Waals surface area contributed by atoms with Crippen molar-refractivity contribution in [3.63, 3.8) is 0 Å². The van der Waals surface area contributed by atoms with E-state index in [1.165, 1.54) is 5.56 Å². The summed E-state index contributed by atoms with van der Waals surface area (Å²) in [7, 11) is 0. The summed E-state index contributed by atoms with van der Waals surface area (Å²) in [5.74, 6) is 0. The third kappa shape index (κ3) is 5.12. The Hall–Kier alpha value is -2.57. The molecule has 2 amide bonds. The van der Waals surface area contributed by atoms with Crippen LogP contribution in [0.15, 0.2) is 54.6 Å². The largest absolute Gasteiger partial charge is 0.372 e. The molecular weight excluding hydrogens is 376 g/mol. The van der Waals surface area contributed by atoms with Gasteiger partial charge in [0.15, 0.2) is 0 Å². The Balaban J connectivity index is 1.35. The van der Waals surface area contributed by atoms with Gasteiger partial charge in [-0.2, -0.15) is 0 Å². The van der Waals surface area contributed by atoms with E-state index >= 15 is 0 Å². The van der Waals surface area contributed by atoms with E-state index in [4.69, 9.17) is 4.74 Å². The molecule has 6 heteroatoms. The Bertz CT molecular complexity index is 826. The van der Waals surface area contributed by atoms with Crippen LogP contribution >= 0.6 is 0 Å². The minimum absolute atomic E-state index is 0.0174. The second kappa shape index (κ2) is 9.49. The predicted molar refractivity (Wildman–Crippen MR) is 121 cm³/mol. The smallest absolute Gasteiger partial charge is 0.321 e. The van der Waals surface area contributed by atoms with Gasteiger partial charge < -0.3 is 19.9 Å². The summed E-state index contributed by atoms with van der Waals surface area (Å²) >= 11 is 0. The van der Waals surface area contributed by atoms with E-state index in [9.17, 15) is 4.79 Å². The molecule has 0 radical (unpaired) electrons. The Morgan fingerprint density at radius 1 is 0.933 bits per heavy atom. The van der Waals surface area contributed by atoms with Gasteiger partial charge in [0.1, 0.15) is 0 Å². The quantitative estimate of drug-likeness (QED) is 0.839. The standard InChI is InChI=1S/C24H32N4O2/c1-19-16-28(17-20(2)30-19)23-11-7-6-10-22(23)25-24(29)27-14-12-26(13-15-27)18-21-8-4-3-5-9-21/h3-11,19-20H,12-18H2,1-2H3,(H,25,29). The molecule has 1 N–H and O–H groups in total. The Morgan fingerprint density at radius 3 is 2.27 bits per heavy atom. The third-order valence-corrected chi connectivity index (χ3v) is 5.81. The van der Waals surface area contributed by atoms with Crippen molar-refractivity contribution < 1.29 is 9.53 Å². The molecule has 30 heavy (non-hydrogen) atoms. The zero-order chi connectivity index (χ0) is 20.9. The molecule has 2 aliphatic heterocycles. The zero-order valence-corrected chi connectivity index (χ0v) is 18.0. The average molecular weight is 409 g/mol. The van der Waals surface area contributed by atoms with E-state index < -0.39 is 0 Å². The van der Waals surface area contributed by atoms with Crippen LogP contribution in [0.2, 0.25) is 0 Å². The van der Waals surface area contributed by atoms with Crippen LogP contribution in [0.3, 0.4) is 0 Å². The number of para-hydroxylation sites is 2. The highest BCUT2D eigenvalue weighted by atomic mass is 16.5. The van der Waals surface area contributed by atoms with Crippen LogP contribution in [0.4, 0.5) is 16.2 Å². The van der Waals surface area contributed by atoms with Crippen molar-refractivity contribution in [1.82, 2.24) is 9.80 Å². The monoisotopic (exact) mass is 408 g/mol. The van der Waals surface area contributed by atoms with E-state index in [2.05, 4.69) is 59.3 Å². The van der Waals surface area contributed by atoms with E-state index in [1.807, 2.05) is 29.2 Å². The Labute approximate surface area is 179 Å². The number of carbonyl (C=O) groups excluding carboxylic acids is 1. The molecule has 6 nitrogen and oxygen atoms in total. The van der Waals surface area contributed by atoms with Crippen molar-refractivity contribution in [2.24, 2.45) is 0 Å². The van der Waals surface area contributed by atoms with Crippen LogP contribution in [0.25, 0.3) is 0 Å². The number of nitrogens with zero attached hydrogens (tertiary/aromatic N) is 3. The van der Waals surface area contributed by atoms with Crippen LogP contribution in [-0.4, -0.2) is 67.3 Å². The SMILES string of the molecule is CC1CN(c2ccccc2NC(=O)N2CCN(Cc3ccccc3)CC2)CC(C)O1. The first kappa shape index (κ1) is 20.7. The first-order valence-corrected chi connectivity index (χ1v) is 10.9. The van der Waals surface area contributed by atoms with Gasteiger partial charge in [-0.15, -0.1) is 0 Å². The number of carbonyl (C=O) groups is 1. The highest BCUT2D eigenvalue weighted by Gasteiger charge is 2.26. The molecule has 2 aliphatic rings. The molecule has 0 aromatic heterocycles. The van der Waals surface area contributed by atoms with Gasteiger partial charge in [0.2, 0.25) is 0 Å². The van der Waals surface area contributed by atoms with Crippen molar-refractivity contribution in [2.75, 3.05) is 49.5 Å². The fraction of sp³-hybridized carbons (Fsp3) is 0.458. The van der Waals surface area contributed by atoms with Gasteiger partial charge >= 0.3 is 6.03 Å². The molecule has 2 heterocycles. The van der Waals surface area contributed by atoms with Gasteiger partial charge in [0, 0.05) is 45.8 Å². The molecule has 4 rings (SSSR count). The number of hydrogen-bond donors (Lipinski definition) is 1. The van der Waals surface area contributed by atoms with Gasteiger partial charge in [-0.1, -0.05) is 42.5 Å². The molecule has 2 fully saturated rings. The average Bonchev–Trinajstić information content (AvgIpc) is 2.75. The maximum Gasteiger partial charge on any atom is 0.321 e. The normalized spacial score (nSPS) is 22.7. The molecule has 0 aliphatic carbocycles. The van der Waals surface area contributed by atoms with Crippen LogP contribution in [0.1, 0.15) is 19.4 Å². The lowest BCUT2D eigenvalue weighted by Gasteiger charge is -2.38. The van der Waals surface area contributed by atoms with Gasteiger partial charge in [-0.25, -0.2) is 4.79 Å². The lowest BCUT2D eigenvalue weighted by atomic mass is 10.1. The number of piperazine rings is 1. The minimum Gasteiger partial charge on any atom is -0.372 e. The lowest BCUT2D eigenvalue weighted by Crippen LogP contribution is -2.50. The third-order valence-electron chi connectivity index (χ3n) is 5.81. The van der Waals surface area contributed by atoms with Crippen molar-refractivity contribution in [3.8, 4) is 0 Å². The van der Waals surface area contributed by atoms with Crippen molar-refractivity contribution in [2.45, 2.75) is 32.6 Å². The molecule has 2 unspecified atom stereocenters. The van der Waals surface area contributed by atoms with E-state index in [0.717, 1.165) is 57.2 Å². The lowest BCUT2D eigenvalue weighted by molar-refractivity contribution is -0.00517. The van der Waals surface area contributed by atoms with Crippen molar-refractivity contribution >= 4 is 17.4 Å². The number of hydrogen-bond acceptors (Lipinski definition) is 4. The maximum absolute atomic E-state index is 12.9. The van der Waals surface area contributed by atoms with E-state index in [1.54, 1.807) is 0 Å². The first-order valence-electron chi connectivity index (χ1n) is 10.9. The fourth-order valence-electron chi connectivity index (χ4n) is 4.37. The number of benzene rings is 2. The van der Waals surface area contributed by atoms with Gasteiger partial charge in [0.05, 0.1) is 23.6 Å². The highest BCUT2D eigenvalue weighted by molar-refractivity contribution is 5.93. The number of morpholine rings is 1. The van der Waals surface area contributed by atoms with E-state index in [-0.39, 0.29) is 18.2 Å². The molecule has 0 spiro atoms. The Kier molecular flexibility index (Phi) is 6.55. The van der Waals surface area contributed by atoms with Gasteiger partial charge in [-0.05, 0) is 31.5 Å². The summed E-state index contributed by atoms with van der Waals surface area (Å²) in [6.45, 7) is 10.1. The summed E-state index contributed by atoms with van der Waals surface area (Å²) in [6.07, 6.45) is 0.352. The number of anilines is 2. The molecule has 2 atom stereocenters. The second-order valence-corrected chi connectivity index (χ2v) is 8.36. The molecular formula is C24H32N4O2. The first-order chi connectivity index (χ1) is 14.6. The predicted octanol–water partition coefficient (Wildman–Crippen LogP) is 3.65. The summed E-state index contributed by atoms with van der Waals surface area (Å²) in [6, 6.07) is 18.6. The highest BCUT2D eigenvalue weighted by Crippen LogP contribution is 2.29. The van der Waals surface area contributed by atoms with E-state index in [0.29, 0.717) is 0 Å². The molecule has 2 saturated heterocycles. The number of nitrogens with one attached hydrogen (secondary N) is 1. The summed E-state index contributed by atoms with van der Waals surface area (Å²) in [4.78, 5) is 19.6. The maximum atomic E-state index is 12.9. The van der Waals surface area contributed by atoms with Gasteiger partial charge in [-0.3, -0.25) is 4.90 Å². The summed E-state index contributed by atoms with van der Waals surface area (Å²) in [5.41, 5.74) is 3.25. The van der Waals surface area contributed by atoms with Crippen LogP contribution < -0.4 is 10.2 Å². The number of ether oxygens (including phenoxy) is 1. The minimum atomic E-state index is -0.0174. The van der Waals surface area contributed by atoms with Gasteiger partial charge in [0.25, 0.3) is 0 Å². The van der Waals surface area contributed by atoms with Crippen LogP contribution in [0, 0.1) is 0 Å². The summed E-state index contributed by atoms with van der Waals surface area (Å²) in [5, 5.41) is 3.16. The molecule has 0 saturated carbocycles. The molecule has 2 aromatic rings.